The largest absolute Gasteiger partial charge is 0.447 e. The summed E-state index contributed by atoms with van der Waals surface area (Å²) < 4.78 is 46.6. The highest BCUT2D eigenvalue weighted by atomic mass is 19.4. The number of nitrogens with one attached hydrogen (secondary N) is 2. The van der Waals surface area contributed by atoms with Crippen molar-refractivity contribution >= 4 is 17.9 Å². The third-order valence-electron chi connectivity index (χ3n) is 5.57. The normalized spacial score (nSPS) is 17.7. The van der Waals surface area contributed by atoms with Gasteiger partial charge in [0, 0.05) is 7.05 Å². The van der Waals surface area contributed by atoms with Gasteiger partial charge in [0.25, 0.3) is 0 Å². The Bertz CT molecular complexity index is 986. The van der Waals surface area contributed by atoms with Crippen LogP contribution in [0.2, 0.25) is 0 Å². The number of cyclic esters (lactones) is 1. The van der Waals surface area contributed by atoms with Crippen molar-refractivity contribution in [3.05, 3.63) is 71.8 Å². The first-order chi connectivity index (χ1) is 16.2. The molecule has 0 spiro atoms. The number of ether oxygens (including phenoxy) is 1. The second kappa shape index (κ2) is 11.1. The lowest BCUT2D eigenvalue weighted by atomic mass is 10.0. The van der Waals surface area contributed by atoms with Gasteiger partial charge in [-0.05, 0) is 24.0 Å². The molecule has 34 heavy (non-hydrogen) atoms. The van der Waals surface area contributed by atoms with Gasteiger partial charge >= 0.3 is 12.3 Å². The SMILES string of the molecule is CNC(=O)[C@H](Cc1ccccc1)N[C@@H](CC(=O)N1C(=O)OC[C@@H]1Cc1ccccc1)C(F)(F)F. The molecule has 1 heterocycles. The predicted molar refractivity (Wildman–Crippen MR) is 118 cm³/mol. The van der Waals surface area contributed by atoms with E-state index >= 15 is 0 Å². The van der Waals surface area contributed by atoms with Crippen molar-refractivity contribution in [2.45, 2.75) is 43.6 Å². The van der Waals surface area contributed by atoms with Crippen molar-refractivity contribution in [1.29, 1.82) is 0 Å². The molecule has 3 amide bonds. The van der Waals surface area contributed by atoms with Crippen LogP contribution in [0.15, 0.2) is 60.7 Å². The van der Waals surface area contributed by atoms with Gasteiger partial charge in [-0.15, -0.1) is 0 Å². The summed E-state index contributed by atoms with van der Waals surface area (Å²) in [7, 11) is 1.32. The Morgan fingerprint density at radius 1 is 1.06 bits per heavy atom. The highest BCUT2D eigenvalue weighted by Crippen LogP contribution is 2.26. The van der Waals surface area contributed by atoms with Crippen LogP contribution in [0.5, 0.6) is 0 Å². The minimum atomic E-state index is -4.84. The Morgan fingerprint density at radius 2 is 1.65 bits per heavy atom. The van der Waals surface area contributed by atoms with E-state index in [0.717, 1.165) is 10.5 Å². The zero-order chi connectivity index (χ0) is 24.7. The molecule has 3 rings (SSSR count). The molecular formula is C24H26F3N3O4. The molecule has 2 aromatic carbocycles. The van der Waals surface area contributed by atoms with Crippen LogP contribution in [0, 0.1) is 0 Å². The lowest BCUT2D eigenvalue weighted by Gasteiger charge is -2.28. The minimum absolute atomic E-state index is 0.0102. The Balaban J connectivity index is 1.75. The second-order valence-electron chi connectivity index (χ2n) is 8.01. The molecular weight excluding hydrogens is 451 g/mol. The highest BCUT2D eigenvalue weighted by Gasteiger charge is 2.46. The summed E-state index contributed by atoms with van der Waals surface area (Å²) in [4.78, 5) is 38.1. The van der Waals surface area contributed by atoms with Crippen LogP contribution in [0.25, 0.3) is 0 Å². The molecule has 0 aromatic heterocycles. The monoisotopic (exact) mass is 477 g/mol. The standard InChI is InChI=1S/C24H26F3N3O4/c1-28-22(32)19(13-17-10-6-3-7-11-17)29-20(24(25,26)27)14-21(31)30-18(15-34-23(30)33)12-16-8-4-2-5-9-16/h2-11,18-20,29H,12-15H2,1H3,(H,28,32)/t18-,19-,20-/m0/s1. The summed E-state index contributed by atoms with van der Waals surface area (Å²) in [6.07, 6.45) is -6.61. The molecule has 2 aromatic rings. The van der Waals surface area contributed by atoms with Crippen LogP contribution in [0.3, 0.4) is 0 Å². The number of carbonyl (C=O) groups is 3. The molecule has 10 heteroatoms. The van der Waals surface area contributed by atoms with Crippen LogP contribution in [-0.2, 0) is 27.2 Å². The summed E-state index contributed by atoms with van der Waals surface area (Å²) in [5, 5.41) is 4.64. The van der Waals surface area contributed by atoms with Crippen molar-refractivity contribution in [3.8, 4) is 0 Å². The number of alkyl halides is 3. The quantitative estimate of drug-likeness (QED) is 0.580. The van der Waals surface area contributed by atoms with Crippen LogP contribution in [-0.4, -0.2) is 60.8 Å². The van der Waals surface area contributed by atoms with Gasteiger partial charge in [-0.3, -0.25) is 14.9 Å². The van der Waals surface area contributed by atoms with Crippen LogP contribution in [0.4, 0.5) is 18.0 Å². The number of halogens is 3. The highest BCUT2D eigenvalue weighted by molar-refractivity contribution is 5.94. The molecule has 0 bridgehead atoms. The van der Waals surface area contributed by atoms with Gasteiger partial charge in [0.05, 0.1) is 18.5 Å². The van der Waals surface area contributed by atoms with E-state index in [2.05, 4.69) is 10.6 Å². The van der Waals surface area contributed by atoms with E-state index in [1.165, 1.54) is 7.05 Å². The fourth-order valence-electron chi connectivity index (χ4n) is 3.84. The van der Waals surface area contributed by atoms with E-state index in [4.69, 9.17) is 4.74 Å². The Kier molecular flexibility index (Phi) is 8.27. The fraction of sp³-hybridized carbons (Fsp3) is 0.375. The van der Waals surface area contributed by atoms with E-state index < -0.39 is 48.6 Å². The molecule has 1 fully saturated rings. The number of hydrogen-bond acceptors (Lipinski definition) is 5. The van der Waals surface area contributed by atoms with Gasteiger partial charge in [-0.25, -0.2) is 9.69 Å². The van der Waals surface area contributed by atoms with Crippen LogP contribution < -0.4 is 10.6 Å². The number of hydrogen-bond donors (Lipinski definition) is 2. The Labute approximate surface area is 195 Å². The number of likely N-dealkylation sites (N-methyl/N-ethyl adjacent to an activating group) is 1. The summed E-state index contributed by atoms with van der Waals surface area (Å²) >= 11 is 0. The number of amides is 3. The second-order valence-corrected chi connectivity index (χ2v) is 8.01. The maximum atomic E-state index is 13.9. The molecule has 1 aliphatic heterocycles. The molecule has 0 saturated carbocycles. The van der Waals surface area contributed by atoms with Crippen molar-refractivity contribution in [2.75, 3.05) is 13.7 Å². The minimum Gasteiger partial charge on any atom is -0.447 e. The fourth-order valence-corrected chi connectivity index (χ4v) is 3.84. The number of benzene rings is 2. The van der Waals surface area contributed by atoms with E-state index in [9.17, 15) is 27.6 Å². The van der Waals surface area contributed by atoms with E-state index in [1.807, 2.05) is 0 Å². The average Bonchev–Trinajstić information content (AvgIpc) is 3.18. The Morgan fingerprint density at radius 3 is 2.21 bits per heavy atom. The van der Waals surface area contributed by atoms with Gasteiger partial charge in [0.1, 0.15) is 12.6 Å². The van der Waals surface area contributed by atoms with Gasteiger partial charge in [-0.1, -0.05) is 60.7 Å². The number of rotatable bonds is 9. The topological polar surface area (TPSA) is 87.7 Å². The molecule has 2 N–H and O–H groups in total. The first-order valence-electron chi connectivity index (χ1n) is 10.8. The number of imide groups is 1. The smallest absolute Gasteiger partial charge is 0.416 e. The summed E-state index contributed by atoms with van der Waals surface area (Å²) in [6, 6.07) is 13.3. The number of nitrogens with zero attached hydrogens (tertiary/aromatic N) is 1. The zero-order valence-electron chi connectivity index (χ0n) is 18.5. The molecule has 182 valence electrons. The van der Waals surface area contributed by atoms with Crippen LogP contribution in [0.1, 0.15) is 17.5 Å². The predicted octanol–water partition coefficient (Wildman–Crippen LogP) is 2.84. The van der Waals surface area contributed by atoms with Crippen molar-refractivity contribution in [1.82, 2.24) is 15.5 Å². The maximum Gasteiger partial charge on any atom is 0.416 e. The third-order valence-corrected chi connectivity index (χ3v) is 5.57. The zero-order valence-corrected chi connectivity index (χ0v) is 18.5. The van der Waals surface area contributed by atoms with Crippen molar-refractivity contribution in [2.24, 2.45) is 0 Å². The van der Waals surface area contributed by atoms with E-state index in [1.54, 1.807) is 60.7 Å². The van der Waals surface area contributed by atoms with Gasteiger partial charge in [-0.2, -0.15) is 13.2 Å². The van der Waals surface area contributed by atoms with E-state index in [0.29, 0.717) is 5.56 Å². The average molecular weight is 477 g/mol. The first kappa shape index (κ1) is 25.2. The Hall–Kier alpha value is -3.40. The van der Waals surface area contributed by atoms with Crippen molar-refractivity contribution in [3.63, 3.8) is 0 Å². The third kappa shape index (κ3) is 6.57. The summed E-state index contributed by atoms with van der Waals surface area (Å²) in [6.45, 7) is -0.0988. The first-order valence-corrected chi connectivity index (χ1v) is 10.8. The molecule has 1 aliphatic rings. The van der Waals surface area contributed by atoms with Gasteiger partial charge < -0.3 is 10.1 Å². The summed E-state index contributed by atoms with van der Waals surface area (Å²) in [5.74, 6) is -1.67. The maximum absolute atomic E-state index is 13.9. The van der Waals surface area contributed by atoms with Crippen molar-refractivity contribution < 1.29 is 32.3 Å². The van der Waals surface area contributed by atoms with Gasteiger partial charge in [0.2, 0.25) is 11.8 Å². The molecule has 0 aliphatic carbocycles. The molecule has 7 nitrogen and oxygen atoms in total. The number of carbonyl (C=O) groups excluding carboxylic acids is 3. The lowest BCUT2D eigenvalue weighted by Crippen LogP contribution is -2.55. The molecule has 0 unspecified atom stereocenters. The molecule has 3 atom stereocenters. The summed E-state index contributed by atoms with van der Waals surface area (Å²) in [5.41, 5.74) is 1.47. The molecule has 1 saturated heterocycles. The lowest BCUT2D eigenvalue weighted by molar-refractivity contribution is -0.166. The molecule has 0 radical (unpaired) electrons. The van der Waals surface area contributed by atoms with Gasteiger partial charge in [0.15, 0.2) is 0 Å². The van der Waals surface area contributed by atoms with E-state index in [-0.39, 0.29) is 19.4 Å². The van der Waals surface area contributed by atoms with Crippen LogP contribution >= 0.6 is 0 Å².